The molecule has 0 radical (unpaired) electrons. The van der Waals surface area contributed by atoms with Crippen LogP contribution in [0.2, 0.25) is 0 Å². The molecular formula is C26H40N2O7. The Morgan fingerprint density at radius 3 is 2.00 bits per heavy atom. The molecule has 0 fully saturated rings. The fourth-order valence-corrected chi connectivity index (χ4v) is 3.27. The second-order valence-corrected chi connectivity index (χ2v) is 10.5. The topological polar surface area (TPSA) is 131 Å². The lowest BCUT2D eigenvalue weighted by atomic mass is 9.91. The number of carboxylic acid groups (broad SMARTS) is 1. The zero-order chi connectivity index (χ0) is 26.6. The number of aliphatic carboxylic acids is 1. The van der Waals surface area contributed by atoms with E-state index < -0.39 is 41.3 Å². The summed E-state index contributed by atoms with van der Waals surface area (Å²) in [5.41, 5.74) is -0.525. The molecule has 35 heavy (non-hydrogen) atoms. The molecule has 0 spiro atoms. The van der Waals surface area contributed by atoms with Crippen LogP contribution in [0.3, 0.4) is 0 Å². The number of hydrogen-bond donors (Lipinski definition) is 3. The Labute approximate surface area is 207 Å². The fourth-order valence-electron chi connectivity index (χ4n) is 3.27. The summed E-state index contributed by atoms with van der Waals surface area (Å²) in [6.07, 6.45) is 0.0667. The van der Waals surface area contributed by atoms with Crippen LogP contribution >= 0.6 is 0 Å². The van der Waals surface area contributed by atoms with E-state index in [2.05, 4.69) is 10.6 Å². The number of ether oxygens (including phenoxy) is 2. The zero-order valence-corrected chi connectivity index (χ0v) is 21.7. The average molecular weight is 493 g/mol. The van der Waals surface area contributed by atoms with Crippen LogP contribution in [-0.2, 0) is 25.5 Å². The average Bonchev–Trinajstić information content (AvgIpc) is 2.70. The molecule has 0 heterocycles. The lowest BCUT2D eigenvalue weighted by molar-refractivity contribution is -0.144. The molecule has 3 N–H and O–H groups in total. The number of nitrogens with one attached hydrogen (secondary N) is 2. The first kappa shape index (κ1) is 29.9. The number of Topliss-reactive ketones (excluding diaryl/α,β-unsaturated/α-hetero) is 1. The molecule has 0 unspecified atom stereocenters. The van der Waals surface area contributed by atoms with Crippen molar-refractivity contribution in [2.75, 3.05) is 6.54 Å². The van der Waals surface area contributed by atoms with Crippen LogP contribution in [-0.4, -0.2) is 52.8 Å². The molecule has 0 bridgehead atoms. The molecule has 2 atom stereocenters. The van der Waals surface area contributed by atoms with Gasteiger partial charge in [0.15, 0.2) is 5.78 Å². The number of carbonyl (C=O) groups excluding carboxylic acids is 3. The molecule has 1 rings (SSSR count). The summed E-state index contributed by atoms with van der Waals surface area (Å²) in [7, 11) is 0. The van der Waals surface area contributed by atoms with E-state index in [-0.39, 0.29) is 25.0 Å². The number of amides is 2. The van der Waals surface area contributed by atoms with E-state index in [1.807, 2.05) is 30.3 Å². The number of alkyl carbamates (subject to hydrolysis) is 2. The van der Waals surface area contributed by atoms with Crippen LogP contribution in [0.4, 0.5) is 9.59 Å². The van der Waals surface area contributed by atoms with E-state index in [1.54, 1.807) is 41.5 Å². The number of ketones is 1. The Hall–Kier alpha value is -3.10. The largest absolute Gasteiger partial charge is 0.481 e. The SMILES string of the molecule is CC(C)(C)OC(=O)NCCCC[C@H](NC(=O)OC(C)(C)C)C(=O)C[C@@H](Cc1ccccc1)C(=O)O. The predicted octanol–water partition coefficient (Wildman–Crippen LogP) is 4.48. The summed E-state index contributed by atoms with van der Waals surface area (Å²) in [5.74, 6) is -2.36. The van der Waals surface area contributed by atoms with Crippen molar-refractivity contribution in [2.24, 2.45) is 5.92 Å². The van der Waals surface area contributed by atoms with Crippen molar-refractivity contribution in [3.05, 3.63) is 35.9 Å². The molecule has 0 aromatic heterocycles. The summed E-state index contributed by atoms with van der Waals surface area (Å²) in [4.78, 5) is 49.0. The number of carboxylic acids is 1. The van der Waals surface area contributed by atoms with Crippen molar-refractivity contribution >= 4 is 23.9 Å². The third-order valence-corrected chi connectivity index (χ3v) is 4.79. The summed E-state index contributed by atoms with van der Waals surface area (Å²) < 4.78 is 10.5. The molecule has 9 heteroatoms. The van der Waals surface area contributed by atoms with Crippen molar-refractivity contribution in [1.29, 1.82) is 0 Å². The fraction of sp³-hybridized carbons (Fsp3) is 0.615. The summed E-state index contributed by atoms with van der Waals surface area (Å²) in [6.45, 7) is 10.8. The highest BCUT2D eigenvalue weighted by atomic mass is 16.6. The molecule has 2 amide bonds. The quantitative estimate of drug-likeness (QED) is 0.367. The number of carbonyl (C=O) groups is 4. The van der Waals surface area contributed by atoms with Gasteiger partial charge in [-0.15, -0.1) is 0 Å². The Morgan fingerprint density at radius 2 is 1.46 bits per heavy atom. The minimum atomic E-state index is -1.07. The number of hydrogen-bond acceptors (Lipinski definition) is 6. The molecule has 0 saturated heterocycles. The van der Waals surface area contributed by atoms with Crippen molar-refractivity contribution in [1.82, 2.24) is 10.6 Å². The molecule has 0 aliphatic carbocycles. The van der Waals surface area contributed by atoms with Crippen molar-refractivity contribution in [3.63, 3.8) is 0 Å². The highest BCUT2D eigenvalue weighted by molar-refractivity contribution is 5.90. The smallest absolute Gasteiger partial charge is 0.408 e. The minimum absolute atomic E-state index is 0.209. The second-order valence-electron chi connectivity index (χ2n) is 10.5. The normalized spacial score (nSPS) is 13.3. The zero-order valence-electron chi connectivity index (χ0n) is 21.7. The Kier molecular flexibility index (Phi) is 11.7. The molecule has 0 saturated carbocycles. The van der Waals surface area contributed by atoms with Gasteiger partial charge in [0.05, 0.1) is 12.0 Å². The molecule has 196 valence electrons. The second kappa shape index (κ2) is 13.7. The van der Waals surface area contributed by atoms with Crippen molar-refractivity contribution in [3.8, 4) is 0 Å². The van der Waals surface area contributed by atoms with Gasteiger partial charge in [-0.25, -0.2) is 9.59 Å². The number of benzene rings is 1. The van der Waals surface area contributed by atoms with E-state index in [4.69, 9.17) is 9.47 Å². The maximum Gasteiger partial charge on any atom is 0.408 e. The van der Waals surface area contributed by atoms with Gasteiger partial charge in [-0.3, -0.25) is 9.59 Å². The van der Waals surface area contributed by atoms with Crippen molar-refractivity contribution in [2.45, 2.75) is 90.9 Å². The van der Waals surface area contributed by atoms with Gasteiger partial charge < -0.3 is 25.2 Å². The molecule has 9 nitrogen and oxygen atoms in total. The van der Waals surface area contributed by atoms with Crippen molar-refractivity contribution < 1.29 is 33.8 Å². The summed E-state index contributed by atoms with van der Waals surface area (Å²) in [5, 5.41) is 14.9. The first-order valence-electron chi connectivity index (χ1n) is 11.9. The van der Waals surface area contributed by atoms with Gasteiger partial charge in [0, 0.05) is 13.0 Å². The van der Waals surface area contributed by atoms with Gasteiger partial charge in [0.1, 0.15) is 11.2 Å². The van der Waals surface area contributed by atoms with Gasteiger partial charge >= 0.3 is 18.2 Å². The summed E-state index contributed by atoms with van der Waals surface area (Å²) in [6, 6.07) is 8.19. The van der Waals surface area contributed by atoms with Crippen LogP contribution in [0, 0.1) is 5.92 Å². The van der Waals surface area contributed by atoms with Crippen LogP contribution in [0.5, 0.6) is 0 Å². The third kappa shape index (κ3) is 14.0. The van der Waals surface area contributed by atoms with E-state index in [0.29, 0.717) is 19.4 Å². The summed E-state index contributed by atoms with van der Waals surface area (Å²) >= 11 is 0. The first-order chi connectivity index (χ1) is 16.2. The van der Waals surface area contributed by atoms with Gasteiger partial charge in [0.2, 0.25) is 0 Å². The standard InChI is InChI=1S/C26H40N2O7/c1-25(2,3)34-23(32)27-15-11-10-14-20(28-24(33)35-26(4,5)6)21(29)17-19(22(30)31)16-18-12-8-7-9-13-18/h7-9,12-13,19-20H,10-11,14-17H2,1-6H3,(H,27,32)(H,28,33)(H,30,31)/t19-,20+/m1/s1. The molecule has 0 aliphatic heterocycles. The van der Waals surface area contributed by atoms with E-state index >= 15 is 0 Å². The third-order valence-electron chi connectivity index (χ3n) is 4.79. The maximum atomic E-state index is 13.1. The van der Waals surface area contributed by atoms with Gasteiger partial charge in [-0.05, 0) is 72.8 Å². The lowest BCUT2D eigenvalue weighted by Gasteiger charge is -2.24. The Balaban J connectivity index is 2.74. The van der Waals surface area contributed by atoms with Gasteiger partial charge in [-0.1, -0.05) is 30.3 Å². The monoisotopic (exact) mass is 492 g/mol. The predicted molar refractivity (Wildman–Crippen MR) is 132 cm³/mol. The molecular weight excluding hydrogens is 452 g/mol. The molecule has 1 aromatic carbocycles. The lowest BCUT2D eigenvalue weighted by Crippen LogP contribution is -2.44. The number of rotatable bonds is 12. The van der Waals surface area contributed by atoms with Crippen LogP contribution in [0.15, 0.2) is 30.3 Å². The Bertz CT molecular complexity index is 841. The van der Waals surface area contributed by atoms with Gasteiger partial charge in [0.25, 0.3) is 0 Å². The Morgan fingerprint density at radius 1 is 0.886 bits per heavy atom. The minimum Gasteiger partial charge on any atom is -0.481 e. The van der Waals surface area contributed by atoms with Crippen LogP contribution < -0.4 is 10.6 Å². The maximum absolute atomic E-state index is 13.1. The van der Waals surface area contributed by atoms with Gasteiger partial charge in [-0.2, -0.15) is 0 Å². The molecule has 0 aliphatic rings. The van der Waals surface area contributed by atoms with E-state index in [9.17, 15) is 24.3 Å². The first-order valence-corrected chi connectivity index (χ1v) is 11.9. The van der Waals surface area contributed by atoms with E-state index in [0.717, 1.165) is 5.56 Å². The molecule has 1 aromatic rings. The number of unbranched alkanes of at least 4 members (excludes halogenated alkanes) is 1. The van der Waals surface area contributed by atoms with Crippen LogP contribution in [0.25, 0.3) is 0 Å². The van der Waals surface area contributed by atoms with E-state index in [1.165, 1.54) is 0 Å². The highest BCUT2D eigenvalue weighted by Crippen LogP contribution is 2.17. The van der Waals surface area contributed by atoms with Crippen LogP contribution in [0.1, 0.15) is 72.8 Å². The highest BCUT2D eigenvalue weighted by Gasteiger charge is 2.29.